The molecular weight excluding hydrogens is 464 g/mol. The van der Waals surface area contributed by atoms with E-state index in [9.17, 15) is 14.7 Å². The van der Waals surface area contributed by atoms with E-state index in [2.05, 4.69) is 29.3 Å². The summed E-state index contributed by atoms with van der Waals surface area (Å²) in [6.45, 7) is 10.2. The van der Waals surface area contributed by atoms with Gasteiger partial charge in [0.15, 0.2) is 0 Å². The van der Waals surface area contributed by atoms with Crippen LogP contribution in [0.5, 0.6) is 0 Å². The first kappa shape index (κ1) is 27.0. The highest BCUT2D eigenvalue weighted by Crippen LogP contribution is 2.28. The predicted octanol–water partition coefficient (Wildman–Crippen LogP) is 2.95. The van der Waals surface area contributed by atoms with Crippen LogP contribution in [0.25, 0.3) is 0 Å². The van der Waals surface area contributed by atoms with Gasteiger partial charge < -0.3 is 25.1 Å². The zero-order valence-electron chi connectivity index (χ0n) is 20.9. The third kappa shape index (κ3) is 5.63. The molecule has 2 aliphatic heterocycles. The summed E-state index contributed by atoms with van der Waals surface area (Å²) in [6, 6.07) is 13.6. The Morgan fingerprint density at radius 1 is 1.09 bits per heavy atom. The Labute approximate surface area is 214 Å². The Balaban J connectivity index is 0.00000342. The molecule has 0 aromatic heterocycles. The molecule has 2 amide bonds. The summed E-state index contributed by atoms with van der Waals surface area (Å²) in [6.07, 6.45) is 0.0749. The van der Waals surface area contributed by atoms with E-state index >= 15 is 0 Å². The molecule has 7 nitrogen and oxygen atoms in total. The van der Waals surface area contributed by atoms with Crippen molar-refractivity contribution in [2.24, 2.45) is 0 Å². The van der Waals surface area contributed by atoms with E-state index in [1.54, 1.807) is 21.9 Å². The Kier molecular flexibility index (Phi) is 9.16. The average Bonchev–Trinajstić information content (AvgIpc) is 3.00. The van der Waals surface area contributed by atoms with Crippen LogP contribution in [0.1, 0.15) is 52.6 Å². The van der Waals surface area contributed by atoms with Gasteiger partial charge in [-0.1, -0.05) is 24.3 Å². The van der Waals surface area contributed by atoms with Crippen LogP contribution >= 0.6 is 12.4 Å². The van der Waals surface area contributed by atoms with Crippen LogP contribution in [0, 0.1) is 0 Å². The summed E-state index contributed by atoms with van der Waals surface area (Å²) in [7, 11) is 0. The number of hydrogen-bond acceptors (Lipinski definition) is 5. The quantitative estimate of drug-likeness (QED) is 0.611. The summed E-state index contributed by atoms with van der Waals surface area (Å²) in [5.74, 6) is -0.112. The zero-order chi connectivity index (χ0) is 24.2. The van der Waals surface area contributed by atoms with Crippen LogP contribution in [0.4, 0.5) is 5.69 Å². The van der Waals surface area contributed by atoms with Gasteiger partial charge in [0, 0.05) is 57.4 Å². The molecule has 0 saturated carbocycles. The molecule has 0 saturated heterocycles. The highest BCUT2D eigenvalue weighted by molar-refractivity contribution is 6.03. The number of carbonyl (C=O) groups excluding carboxylic acids is 2. The summed E-state index contributed by atoms with van der Waals surface area (Å²) in [5.41, 5.74) is 4.50. The van der Waals surface area contributed by atoms with Crippen LogP contribution in [0.15, 0.2) is 42.5 Å². The molecule has 2 unspecified atom stereocenters. The maximum atomic E-state index is 13.5. The third-order valence-corrected chi connectivity index (χ3v) is 7.16. The van der Waals surface area contributed by atoms with Crippen molar-refractivity contribution in [1.82, 2.24) is 15.1 Å². The van der Waals surface area contributed by atoms with Crippen LogP contribution in [0.3, 0.4) is 0 Å². The van der Waals surface area contributed by atoms with Gasteiger partial charge in [-0.3, -0.25) is 9.59 Å². The van der Waals surface area contributed by atoms with Gasteiger partial charge in [-0.15, -0.1) is 12.4 Å². The number of aliphatic hydroxyl groups is 1. The predicted molar refractivity (Wildman–Crippen MR) is 142 cm³/mol. The molecule has 2 N–H and O–H groups in total. The third-order valence-electron chi connectivity index (χ3n) is 7.16. The molecule has 0 radical (unpaired) electrons. The molecule has 2 atom stereocenters. The molecule has 2 heterocycles. The highest BCUT2D eigenvalue weighted by Gasteiger charge is 2.31. The number of nitrogens with zero attached hydrogens (tertiary/aromatic N) is 3. The molecule has 2 aromatic carbocycles. The first-order valence-corrected chi connectivity index (χ1v) is 12.4. The fourth-order valence-corrected chi connectivity index (χ4v) is 5.04. The molecule has 4 rings (SSSR count). The Morgan fingerprint density at radius 2 is 1.77 bits per heavy atom. The lowest BCUT2D eigenvalue weighted by molar-refractivity contribution is 0.0540. The van der Waals surface area contributed by atoms with Crippen molar-refractivity contribution < 1.29 is 14.7 Å². The molecule has 190 valence electrons. The van der Waals surface area contributed by atoms with Gasteiger partial charge in [0.2, 0.25) is 0 Å². The summed E-state index contributed by atoms with van der Waals surface area (Å²) in [5, 5.41) is 14.5. The van der Waals surface area contributed by atoms with E-state index in [1.165, 1.54) is 11.1 Å². The van der Waals surface area contributed by atoms with E-state index < -0.39 is 6.10 Å². The van der Waals surface area contributed by atoms with Gasteiger partial charge in [0.1, 0.15) is 0 Å². The fourth-order valence-electron chi connectivity index (χ4n) is 5.04. The van der Waals surface area contributed by atoms with E-state index in [0.29, 0.717) is 37.3 Å². The number of hydrogen-bond donors (Lipinski definition) is 2. The van der Waals surface area contributed by atoms with Gasteiger partial charge in [-0.05, 0) is 56.5 Å². The number of nitrogens with one attached hydrogen (secondary N) is 1. The molecule has 8 heteroatoms. The van der Waals surface area contributed by atoms with E-state index in [1.807, 2.05) is 32.0 Å². The van der Waals surface area contributed by atoms with Crippen LogP contribution in [-0.2, 0) is 13.0 Å². The molecule has 0 fully saturated rings. The largest absolute Gasteiger partial charge is 0.390 e. The second kappa shape index (κ2) is 11.9. The first-order chi connectivity index (χ1) is 16.5. The van der Waals surface area contributed by atoms with Gasteiger partial charge in [-0.25, -0.2) is 0 Å². The molecule has 35 heavy (non-hydrogen) atoms. The zero-order valence-corrected chi connectivity index (χ0v) is 21.7. The van der Waals surface area contributed by atoms with E-state index in [-0.39, 0.29) is 36.8 Å². The normalized spacial score (nSPS) is 18.2. The molecular formula is C27H37ClN4O3. The first-order valence-electron chi connectivity index (χ1n) is 12.4. The monoisotopic (exact) mass is 500 g/mol. The number of β-amino-alcohol motifs (C(OH)–C–C–N with tert-alkyl or cyclic N) is 1. The van der Waals surface area contributed by atoms with Crippen molar-refractivity contribution in [2.75, 3.05) is 44.2 Å². The summed E-state index contributed by atoms with van der Waals surface area (Å²) < 4.78 is 0. The molecule has 0 aliphatic carbocycles. The minimum absolute atomic E-state index is 0. The lowest BCUT2D eigenvalue weighted by Crippen LogP contribution is -2.50. The van der Waals surface area contributed by atoms with Crippen molar-refractivity contribution in [2.45, 2.75) is 45.9 Å². The van der Waals surface area contributed by atoms with Crippen LogP contribution in [-0.4, -0.2) is 78.1 Å². The van der Waals surface area contributed by atoms with Crippen molar-refractivity contribution >= 4 is 29.9 Å². The SMILES string of the molecule is CCN(CC)C(=O)c1ccc2c(c1)N(CC)CCN(CC(O)C1Cc3ccccc3CN1)C2=O.Cl. The average molecular weight is 501 g/mol. The van der Waals surface area contributed by atoms with Gasteiger partial charge in [0.25, 0.3) is 11.8 Å². The molecule has 0 spiro atoms. The smallest absolute Gasteiger partial charge is 0.256 e. The summed E-state index contributed by atoms with van der Waals surface area (Å²) >= 11 is 0. The van der Waals surface area contributed by atoms with Crippen molar-refractivity contribution in [3.05, 3.63) is 64.7 Å². The van der Waals surface area contributed by atoms with Gasteiger partial charge >= 0.3 is 0 Å². The number of amides is 2. The van der Waals surface area contributed by atoms with E-state index in [0.717, 1.165) is 25.2 Å². The number of halogens is 1. The van der Waals surface area contributed by atoms with Crippen LogP contribution in [0.2, 0.25) is 0 Å². The standard InChI is InChI=1S/C27H36N4O3.ClH/c1-4-29(5-2)26(33)20-11-12-22-24(16-20)30(6-3)13-14-31(27(22)34)18-25(32)23-15-19-9-7-8-10-21(19)17-28-23;/h7-12,16,23,25,28,32H,4-6,13-15,17-18H2,1-3H3;1H. The number of likely N-dealkylation sites (N-methyl/N-ethyl adjacent to an activating group) is 1. The number of benzene rings is 2. The molecule has 0 bridgehead atoms. The second-order valence-corrected chi connectivity index (χ2v) is 9.07. The van der Waals surface area contributed by atoms with Gasteiger partial charge in [0.05, 0.1) is 17.4 Å². The number of rotatable bonds is 7. The number of anilines is 1. The molecule has 2 aliphatic rings. The number of fused-ring (bicyclic) bond motifs is 2. The Morgan fingerprint density at radius 3 is 2.46 bits per heavy atom. The Hall–Kier alpha value is -2.61. The fraction of sp³-hybridized carbons (Fsp3) is 0.481. The lowest BCUT2D eigenvalue weighted by Gasteiger charge is -2.33. The highest BCUT2D eigenvalue weighted by atomic mass is 35.5. The van der Waals surface area contributed by atoms with Crippen molar-refractivity contribution in [3.63, 3.8) is 0 Å². The van der Waals surface area contributed by atoms with Crippen LogP contribution < -0.4 is 10.2 Å². The number of aliphatic hydroxyl groups excluding tert-OH is 1. The maximum absolute atomic E-state index is 13.5. The van der Waals surface area contributed by atoms with E-state index in [4.69, 9.17) is 0 Å². The van der Waals surface area contributed by atoms with Crippen molar-refractivity contribution in [3.8, 4) is 0 Å². The minimum Gasteiger partial charge on any atom is -0.390 e. The summed E-state index contributed by atoms with van der Waals surface area (Å²) in [4.78, 5) is 32.1. The number of carbonyl (C=O) groups is 2. The topological polar surface area (TPSA) is 76.1 Å². The van der Waals surface area contributed by atoms with Gasteiger partial charge in [-0.2, -0.15) is 0 Å². The lowest BCUT2D eigenvalue weighted by atomic mass is 9.92. The Bertz CT molecular complexity index is 1040. The van der Waals surface area contributed by atoms with Crippen molar-refractivity contribution in [1.29, 1.82) is 0 Å². The maximum Gasteiger partial charge on any atom is 0.256 e. The molecule has 2 aromatic rings. The minimum atomic E-state index is -0.669. The second-order valence-electron chi connectivity index (χ2n) is 9.07.